The van der Waals surface area contributed by atoms with Crippen molar-refractivity contribution >= 4 is 5.91 Å². The Balaban J connectivity index is 2.33. The molecule has 2 rings (SSSR count). The van der Waals surface area contributed by atoms with Crippen molar-refractivity contribution < 1.29 is 9.32 Å². The smallest absolute Gasteiger partial charge is 0.331 e. The van der Waals surface area contributed by atoms with E-state index in [4.69, 9.17) is 10.4 Å². The lowest BCUT2D eigenvalue weighted by Crippen LogP contribution is -2.39. The summed E-state index contributed by atoms with van der Waals surface area (Å²) < 4.78 is 7.38. The second-order valence-electron chi connectivity index (χ2n) is 4.37. The summed E-state index contributed by atoms with van der Waals surface area (Å²) in [7, 11) is 0. The van der Waals surface area contributed by atoms with Gasteiger partial charge in [-0.3, -0.25) is 19.6 Å². The van der Waals surface area contributed by atoms with Gasteiger partial charge in [0.2, 0.25) is 0 Å². The SMILES string of the molecule is CCCn1ccc(=O)n(Cc2cc(C(=O)NN)no2)c1=O. The van der Waals surface area contributed by atoms with Crippen molar-refractivity contribution in [3.63, 3.8) is 0 Å². The van der Waals surface area contributed by atoms with E-state index in [1.807, 2.05) is 12.3 Å². The first kappa shape index (κ1) is 14.7. The highest BCUT2D eigenvalue weighted by Crippen LogP contribution is 2.03. The summed E-state index contributed by atoms with van der Waals surface area (Å²) in [6.45, 7) is 2.33. The monoisotopic (exact) mass is 293 g/mol. The Hall–Kier alpha value is -2.68. The van der Waals surface area contributed by atoms with Gasteiger partial charge in [0.1, 0.15) is 0 Å². The van der Waals surface area contributed by atoms with Gasteiger partial charge in [-0.25, -0.2) is 10.6 Å². The molecular weight excluding hydrogens is 278 g/mol. The highest BCUT2D eigenvalue weighted by molar-refractivity contribution is 5.91. The maximum Gasteiger partial charge on any atom is 0.331 e. The van der Waals surface area contributed by atoms with E-state index in [0.29, 0.717) is 6.54 Å². The number of nitrogens with zero attached hydrogens (tertiary/aromatic N) is 3. The van der Waals surface area contributed by atoms with Gasteiger partial charge in [0.05, 0.1) is 6.54 Å². The third kappa shape index (κ3) is 3.08. The molecular formula is C12H15N5O4. The summed E-state index contributed by atoms with van der Waals surface area (Å²) >= 11 is 0. The zero-order chi connectivity index (χ0) is 15.4. The van der Waals surface area contributed by atoms with Gasteiger partial charge in [0, 0.05) is 24.9 Å². The number of rotatable bonds is 5. The van der Waals surface area contributed by atoms with Crippen molar-refractivity contribution in [3.05, 3.63) is 50.6 Å². The molecule has 0 unspecified atom stereocenters. The first-order chi connectivity index (χ1) is 10.1. The fraction of sp³-hybridized carbons (Fsp3) is 0.333. The predicted molar refractivity (Wildman–Crippen MR) is 72.5 cm³/mol. The van der Waals surface area contributed by atoms with Gasteiger partial charge in [-0.05, 0) is 6.42 Å². The Kier molecular flexibility index (Phi) is 4.33. The lowest BCUT2D eigenvalue weighted by molar-refractivity contribution is 0.0944. The number of hydrogen-bond acceptors (Lipinski definition) is 6. The molecule has 3 N–H and O–H groups in total. The zero-order valence-electron chi connectivity index (χ0n) is 11.4. The van der Waals surface area contributed by atoms with E-state index in [-0.39, 0.29) is 18.0 Å². The van der Waals surface area contributed by atoms with Gasteiger partial charge in [-0.15, -0.1) is 0 Å². The minimum Gasteiger partial charge on any atom is -0.359 e. The minimum atomic E-state index is -0.617. The molecule has 0 fully saturated rings. The van der Waals surface area contributed by atoms with Gasteiger partial charge in [-0.2, -0.15) is 0 Å². The molecule has 9 nitrogen and oxygen atoms in total. The van der Waals surface area contributed by atoms with Crippen LogP contribution in [0.2, 0.25) is 0 Å². The van der Waals surface area contributed by atoms with Crippen molar-refractivity contribution in [2.75, 3.05) is 0 Å². The number of carbonyl (C=O) groups excluding carboxylic acids is 1. The number of nitrogens with two attached hydrogens (primary N) is 1. The summed E-state index contributed by atoms with van der Waals surface area (Å²) in [4.78, 5) is 35.2. The summed E-state index contributed by atoms with van der Waals surface area (Å²) in [5, 5.41) is 3.51. The highest BCUT2D eigenvalue weighted by atomic mass is 16.5. The Morgan fingerprint density at radius 3 is 2.90 bits per heavy atom. The molecule has 0 aromatic carbocycles. The van der Waals surface area contributed by atoms with Crippen LogP contribution < -0.4 is 22.5 Å². The first-order valence-corrected chi connectivity index (χ1v) is 6.33. The molecule has 0 aliphatic heterocycles. The molecule has 2 heterocycles. The maximum absolute atomic E-state index is 12.1. The van der Waals surface area contributed by atoms with E-state index in [2.05, 4.69) is 5.16 Å². The van der Waals surface area contributed by atoms with Gasteiger partial charge >= 0.3 is 5.69 Å². The molecule has 0 spiro atoms. The molecule has 2 aromatic rings. The van der Waals surface area contributed by atoms with E-state index in [9.17, 15) is 14.4 Å². The largest absolute Gasteiger partial charge is 0.359 e. The summed E-state index contributed by atoms with van der Waals surface area (Å²) in [5.41, 5.74) is 0.999. The van der Waals surface area contributed by atoms with Crippen molar-refractivity contribution in [2.45, 2.75) is 26.4 Å². The molecule has 0 radical (unpaired) electrons. The van der Waals surface area contributed by atoms with Crippen LogP contribution in [-0.2, 0) is 13.1 Å². The van der Waals surface area contributed by atoms with E-state index >= 15 is 0 Å². The normalized spacial score (nSPS) is 10.6. The summed E-state index contributed by atoms with van der Waals surface area (Å²) in [6, 6.07) is 2.63. The van der Waals surface area contributed by atoms with Crippen molar-refractivity contribution in [1.82, 2.24) is 19.7 Å². The number of carbonyl (C=O) groups is 1. The summed E-state index contributed by atoms with van der Waals surface area (Å²) in [5.74, 6) is 4.57. The molecule has 112 valence electrons. The Bertz CT molecular complexity index is 757. The fourth-order valence-corrected chi connectivity index (χ4v) is 1.84. The summed E-state index contributed by atoms with van der Waals surface area (Å²) in [6.07, 6.45) is 2.22. The van der Waals surface area contributed by atoms with Crippen LogP contribution in [-0.4, -0.2) is 20.2 Å². The van der Waals surface area contributed by atoms with Gasteiger partial charge in [0.25, 0.3) is 11.5 Å². The van der Waals surface area contributed by atoms with Crippen molar-refractivity contribution in [2.24, 2.45) is 5.84 Å². The van der Waals surface area contributed by atoms with Crippen molar-refractivity contribution in [1.29, 1.82) is 0 Å². The maximum atomic E-state index is 12.1. The quantitative estimate of drug-likeness (QED) is 0.416. The third-order valence-corrected chi connectivity index (χ3v) is 2.84. The van der Waals surface area contributed by atoms with Crippen LogP contribution in [0, 0.1) is 0 Å². The van der Waals surface area contributed by atoms with Crippen LogP contribution in [0.25, 0.3) is 0 Å². The van der Waals surface area contributed by atoms with Gasteiger partial charge in [-0.1, -0.05) is 12.1 Å². The lowest BCUT2D eigenvalue weighted by atomic mass is 10.3. The Labute approximate surface area is 118 Å². The van der Waals surface area contributed by atoms with Crippen LogP contribution in [0.4, 0.5) is 0 Å². The number of aryl methyl sites for hydroxylation is 1. The molecule has 9 heteroatoms. The van der Waals surface area contributed by atoms with E-state index < -0.39 is 17.2 Å². The number of nitrogens with one attached hydrogen (secondary N) is 1. The van der Waals surface area contributed by atoms with Gasteiger partial charge in [0.15, 0.2) is 11.5 Å². The van der Waals surface area contributed by atoms with Crippen LogP contribution in [0.3, 0.4) is 0 Å². The van der Waals surface area contributed by atoms with Crippen LogP contribution >= 0.6 is 0 Å². The standard InChI is InChI=1S/C12H15N5O4/c1-2-4-16-5-3-10(18)17(12(16)20)7-8-6-9(15-21-8)11(19)14-13/h3,5-6H,2,4,7,13H2,1H3,(H,14,19). The predicted octanol–water partition coefficient (Wildman–Crippen LogP) is -0.940. The molecule has 1 amide bonds. The van der Waals surface area contributed by atoms with Crippen LogP contribution in [0.15, 0.2) is 32.4 Å². The van der Waals surface area contributed by atoms with Crippen molar-refractivity contribution in [3.8, 4) is 0 Å². The molecule has 0 aliphatic rings. The molecule has 21 heavy (non-hydrogen) atoms. The highest BCUT2D eigenvalue weighted by Gasteiger charge is 2.13. The number of amides is 1. The molecule has 0 saturated carbocycles. The molecule has 0 bridgehead atoms. The first-order valence-electron chi connectivity index (χ1n) is 6.33. The van der Waals surface area contributed by atoms with Gasteiger partial charge < -0.3 is 9.09 Å². The second kappa shape index (κ2) is 6.18. The van der Waals surface area contributed by atoms with E-state index in [0.717, 1.165) is 11.0 Å². The molecule has 0 atom stereocenters. The second-order valence-corrected chi connectivity index (χ2v) is 4.37. The molecule has 0 saturated heterocycles. The zero-order valence-corrected chi connectivity index (χ0v) is 11.4. The molecule has 0 aliphatic carbocycles. The van der Waals surface area contributed by atoms with E-state index in [1.165, 1.54) is 22.9 Å². The molecule has 2 aromatic heterocycles. The lowest BCUT2D eigenvalue weighted by Gasteiger charge is -2.07. The Morgan fingerprint density at radius 2 is 2.24 bits per heavy atom. The number of hydrazine groups is 1. The average Bonchev–Trinajstić information content (AvgIpc) is 2.94. The number of hydrogen-bond donors (Lipinski definition) is 2. The minimum absolute atomic E-state index is 0.0228. The number of nitrogen functional groups attached to an aromatic ring is 1. The Morgan fingerprint density at radius 1 is 1.48 bits per heavy atom. The average molecular weight is 293 g/mol. The van der Waals surface area contributed by atoms with Crippen LogP contribution in [0.5, 0.6) is 0 Å². The topological polar surface area (TPSA) is 125 Å². The van der Waals surface area contributed by atoms with Crippen LogP contribution in [0.1, 0.15) is 29.6 Å². The third-order valence-electron chi connectivity index (χ3n) is 2.84. The number of aromatic nitrogens is 3. The van der Waals surface area contributed by atoms with E-state index in [1.54, 1.807) is 0 Å². The fourth-order valence-electron chi connectivity index (χ4n) is 1.84.